The van der Waals surface area contributed by atoms with Gasteiger partial charge in [0.2, 0.25) is 11.8 Å². The average Bonchev–Trinajstić information content (AvgIpc) is 3.48. The summed E-state index contributed by atoms with van der Waals surface area (Å²) in [5.41, 5.74) is 3.32. The van der Waals surface area contributed by atoms with Crippen LogP contribution in [0, 0.1) is 5.92 Å². The van der Waals surface area contributed by atoms with E-state index in [-0.39, 0.29) is 24.3 Å². The minimum absolute atomic E-state index is 0.0488. The van der Waals surface area contributed by atoms with Gasteiger partial charge in [-0.05, 0) is 60.4 Å². The second-order valence-electron chi connectivity index (χ2n) is 7.62. The lowest BCUT2D eigenvalue weighted by Crippen LogP contribution is -2.39. The Morgan fingerprint density at radius 3 is 2.61 bits per heavy atom. The summed E-state index contributed by atoms with van der Waals surface area (Å²) >= 11 is 0. The standard InChI is InChI=1S/C23H26N2O3/c1-28-19-10-8-17(9-11-19)20(16-6-7-16)14-22(26)24-15-23(27)25-13-12-18-4-2-3-5-21(18)25/h2-5,8-11,16,20H,6-7,12-15H2,1H3,(H,24,26). The molecule has 0 bridgehead atoms. The number of methoxy groups -OCH3 is 1. The molecule has 5 heteroatoms. The second kappa shape index (κ2) is 8.05. The Bertz CT molecular complexity index is 858. The number of fused-ring (bicyclic) bond motifs is 1. The fourth-order valence-electron chi connectivity index (χ4n) is 4.05. The molecule has 1 heterocycles. The van der Waals surface area contributed by atoms with Crippen molar-refractivity contribution in [1.29, 1.82) is 0 Å². The van der Waals surface area contributed by atoms with Crippen LogP contribution in [0.5, 0.6) is 5.75 Å². The maximum Gasteiger partial charge on any atom is 0.246 e. The molecule has 2 aliphatic rings. The molecular formula is C23H26N2O3. The van der Waals surface area contributed by atoms with Gasteiger partial charge in [-0.2, -0.15) is 0 Å². The van der Waals surface area contributed by atoms with E-state index in [4.69, 9.17) is 4.74 Å². The molecule has 28 heavy (non-hydrogen) atoms. The van der Waals surface area contributed by atoms with Gasteiger partial charge in [-0.25, -0.2) is 0 Å². The van der Waals surface area contributed by atoms with Crippen LogP contribution in [0.1, 0.15) is 36.3 Å². The summed E-state index contributed by atoms with van der Waals surface area (Å²) in [5.74, 6) is 1.47. The van der Waals surface area contributed by atoms with Crippen molar-refractivity contribution in [2.24, 2.45) is 5.92 Å². The summed E-state index contributed by atoms with van der Waals surface area (Å²) in [7, 11) is 1.65. The van der Waals surface area contributed by atoms with Crippen molar-refractivity contribution >= 4 is 17.5 Å². The molecule has 1 aliphatic carbocycles. The van der Waals surface area contributed by atoms with Crippen LogP contribution in [0.2, 0.25) is 0 Å². The smallest absolute Gasteiger partial charge is 0.246 e. The van der Waals surface area contributed by atoms with Crippen molar-refractivity contribution in [2.75, 3.05) is 25.1 Å². The number of carbonyl (C=O) groups is 2. The monoisotopic (exact) mass is 378 g/mol. The zero-order valence-corrected chi connectivity index (χ0v) is 16.2. The van der Waals surface area contributed by atoms with Crippen molar-refractivity contribution in [3.8, 4) is 5.75 Å². The first kappa shape index (κ1) is 18.5. The highest BCUT2D eigenvalue weighted by molar-refractivity contribution is 5.98. The summed E-state index contributed by atoms with van der Waals surface area (Å²) in [5, 5.41) is 2.84. The minimum atomic E-state index is -0.0615. The van der Waals surface area contributed by atoms with E-state index in [1.165, 1.54) is 11.1 Å². The third-order valence-electron chi connectivity index (χ3n) is 5.77. The van der Waals surface area contributed by atoms with Gasteiger partial charge < -0.3 is 15.0 Å². The Morgan fingerprint density at radius 2 is 1.89 bits per heavy atom. The van der Waals surface area contributed by atoms with Gasteiger partial charge in [0.15, 0.2) is 0 Å². The normalized spacial score (nSPS) is 16.4. The number of benzene rings is 2. The van der Waals surface area contributed by atoms with Crippen LogP contribution in [-0.2, 0) is 16.0 Å². The van der Waals surface area contributed by atoms with Gasteiger partial charge >= 0.3 is 0 Å². The van der Waals surface area contributed by atoms with Crippen molar-refractivity contribution < 1.29 is 14.3 Å². The Hall–Kier alpha value is -2.82. The van der Waals surface area contributed by atoms with Gasteiger partial charge in [-0.3, -0.25) is 9.59 Å². The Labute approximate surface area is 165 Å². The lowest BCUT2D eigenvalue weighted by molar-refractivity contribution is -0.125. The highest BCUT2D eigenvalue weighted by atomic mass is 16.5. The van der Waals surface area contributed by atoms with E-state index in [0.29, 0.717) is 18.9 Å². The van der Waals surface area contributed by atoms with E-state index < -0.39 is 0 Å². The van der Waals surface area contributed by atoms with Crippen molar-refractivity contribution in [3.05, 3.63) is 59.7 Å². The highest BCUT2D eigenvalue weighted by Gasteiger charge is 2.34. The number of ether oxygens (including phenoxy) is 1. The van der Waals surface area contributed by atoms with E-state index in [9.17, 15) is 9.59 Å². The summed E-state index contributed by atoms with van der Waals surface area (Å²) in [6.07, 6.45) is 3.61. The van der Waals surface area contributed by atoms with E-state index in [0.717, 1.165) is 30.7 Å². The number of hydrogen-bond acceptors (Lipinski definition) is 3. The van der Waals surface area contributed by atoms with Crippen LogP contribution >= 0.6 is 0 Å². The molecule has 1 N–H and O–H groups in total. The third kappa shape index (κ3) is 4.03. The largest absolute Gasteiger partial charge is 0.497 e. The molecule has 2 amide bonds. The van der Waals surface area contributed by atoms with Gasteiger partial charge in [0.25, 0.3) is 0 Å². The molecule has 0 aromatic heterocycles. The molecule has 1 saturated carbocycles. The Kier molecular flexibility index (Phi) is 5.33. The molecule has 4 rings (SSSR count). The maximum absolute atomic E-state index is 12.6. The quantitative estimate of drug-likeness (QED) is 0.804. The Balaban J connectivity index is 1.33. The van der Waals surface area contributed by atoms with Crippen LogP contribution in [0.4, 0.5) is 5.69 Å². The number of hydrogen-bond donors (Lipinski definition) is 1. The molecule has 146 valence electrons. The first-order valence-corrected chi connectivity index (χ1v) is 9.94. The van der Waals surface area contributed by atoms with Crippen molar-refractivity contribution in [1.82, 2.24) is 5.32 Å². The highest BCUT2D eigenvalue weighted by Crippen LogP contribution is 2.44. The van der Waals surface area contributed by atoms with E-state index in [1.54, 1.807) is 12.0 Å². The van der Waals surface area contributed by atoms with E-state index in [1.807, 2.05) is 42.5 Å². The Morgan fingerprint density at radius 1 is 1.14 bits per heavy atom. The van der Waals surface area contributed by atoms with E-state index >= 15 is 0 Å². The topological polar surface area (TPSA) is 58.6 Å². The van der Waals surface area contributed by atoms with Crippen LogP contribution in [-0.4, -0.2) is 32.0 Å². The maximum atomic E-state index is 12.6. The summed E-state index contributed by atoms with van der Waals surface area (Å²) in [6, 6.07) is 15.9. The predicted octanol–water partition coefficient (Wildman–Crippen LogP) is 3.28. The van der Waals surface area contributed by atoms with Crippen LogP contribution < -0.4 is 15.0 Å². The number of para-hydroxylation sites is 1. The number of anilines is 1. The fraction of sp³-hybridized carbons (Fsp3) is 0.391. The SMILES string of the molecule is COc1ccc(C(CC(=O)NCC(=O)N2CCc3ccccc32)C2CC2)cc1. The van der Waals surface area contributed by atoms with Gasteiger partial charge in [0, 0.05) is 18.7 Å². The second-order valence-corrected chi connectivity index (χ2v) is 7.62. The number of nitrogens with one attached hydrogen (secondary N) is 1. The van der Waals surface area contributed by atoms with Crippen molar-refractivity contribution in [2.45, 2.75) is 31.6 Å². The summed E-state index contributed by atoms with van der Waals surface area (Å²) in [6.45, 7) is 0.734. The molecule has 0 spiro atoms. The first-order chi connectivity index (χ1) is 13.7. The number of amides is 2. The lowest BCUT2D eigenvalue weighted by atomic mass is 9.90. The molecule has 0 saturated heterocycles. The molecule has 1 atom stereocenters. The fourth-order valence-corrected chi connectivity index (χ4v) is 4.05. The van der Waals surface area contributed by atoms with Gasteiger partial charge in [-0.15, -0.1) is 0 Å². The molecule has 2 aromatic rings. The molecule has 0 radical (unpaired) electrons. The zero-order chi connectivity index (χ0) is 19.5. The van der Waals surface area contributed by atoms with Crippen LogP contribution in [0.15, 0.2) is 48.5 Å². The summed E-state index contributed by atoms with van der Waals surface area (Å²) < 4.78 is 5.22. The molecular weight excluding hydrogens is 352 g/mol. The van der Waals surface area contributed by atoms with Crippen LogP contribution in [0.3, 0.4) is 0 Å². The van der Waals surface area contributed by atoms with Gasteiger partial charge in [-0.1, -0.05) is 30.3 Å². The molecule has 5 nitrogen and oxygen atoms in total. The van der Waals surface area contributed by atoms with Crippen molar-refractivity contribution in [3.63, 3.8) is 0 Å². The number of carbonyl (C=O) groups excluding carboxylic acids is 2. The predicted molar refractivity (Wildman–Crippen MR) is 109 cm³/mol. The van der Waals surface area contributed by atoms with Crippen LogP contribution in [0.25, 0.3) is 0 Å². The lowest BCUT2D eigenvalue weighted by Gasteiger charge is -2.19. The molecule has 1 fully saturated rings. The number of rotatable bonds is 7. The summed E-state index contributed by atoms with van der Waals surface area (Å²) in [4.78, 5) is 26.9. The molecule has 2 aromatic carbocycles. The van der Waals surface area contributed by atoms with Gasteiger partial charge in [0.05, 0.1) is 13.7 Å². The molecule has 1 unspecified atom stereocenters. The average molecular weight is 378 g/mol. The minimum Gasteiger partial charge on any atom is -0.497 e. The number of nitrogens with zero attached hydrogens (tertiary/aromatic N) is 1. The van der Waals surface area contributed by atoms with Gasteiger partial charge in [0.1, 0.15) is 5.75 Å². The van der Waals surface area contributed by atoms with E-state index in [2.05, 4.69) is 11.4 Å². The zero-order valence-electron chi connectivity index (χ0n) is 16.2. The molecule has 1 aliphatic heterocycles. The third-order valence-corrected chi connectivity index (χ3v) is 5.77. The first-order valence-electron chi connectivity index (χ1n) is 9.94.